The number of aryl methyl sites for hydroxylation is 1. The van der Waals surface area contributed by atoms with E-state index in [0.29, 0.717) is 12.5 Å². The van der Waals surface area contributed by atoms with Crippen LogP contribution in [-0.2, 0) is 4.74 Å². The molecular formula is C17H30IN3O. The van der Waals surface area contributed by atoms with Crippen molar-refractivity contribution in [3.05, 3.63) is 35.4 Å². The average molecular weight is 419 g/mol. The van der Waals surface area contributed by atoms with Gasteiger partial charge in [0.15, 0.2) is 5.96 Å². The molecule has 2 unspecified atom stereocenters. The van der Waals surface area contributed by atoms with Crippen LogP contribution in [0.3, 0.4) is 0 Å². The Hall–Kier alpha value is -0.820. The Morgan fingerprint density at radius 1 is 1.23 bits per heavy atom. The minimum Gasteiger partial charge on any atom is -0.383 e. The SMILES string of the molecule is CCNC(=NCC(C)c1ccc(C)cc1)NC(C)COC.I. The van der Waals surface area contributed by atoms with Crippen molar-refractivity contribution in [1.82, 2.24) is 10.6 Å². The van der Waals surface area contributed by atoms with Gasteiger partial charge in [-0.2, -0.15) is 0 Å². The van der Waals surface area contributed by atoms with Gasteiger partial charge in [-0.25, -0.2) is 0 Å². The van der Waals surface area contributed by atoms with Gasteiger partial charge in [0, 0.05) is 32.2 Å². The average Bonchev–Trinajstić information content (AvgIpc) is 2.45. The van der Waals surface area contributed by atoms with Gasteiger partial charge in [-0.1, -0.05) is 36.8 Å². The molecule has 0 aliphatic heterocycles. The van der Waals surface area contributed by atoms with Crippen LogP contribution in [0.25, 0.3) is 0 Å². The van der Waals surface area contributed by atoms with E-state index in [1.54, 1.807) is 7.11 Å². The zero-order valence-electron chi connectivity index (χ0n) is 14.3. The number of benzene rings is 1. The van der Waals surface area contributed by atoms with Crippen molar-refractivity contribution in [3.8, 4) is 0 Å². The smallest absolute Gasteiger partial charge is 0.191 e. The van der Waals surface area contributed by atoms with Gasteiger partial charge in [0.2, 0.25) is 0 Å². The number of nitrogens with zero attached hydrogens (tertiary/aromatic N) is 1. The van der Waals surface area contributed by atoms with E-state index in [4.69, 9.17) is 4.74 Å². The van der Waals surface area contributed by atoms with Crippen molar-refractivity contribution in [2.24, 2.45) is 4.99 Å². The lowest BCUT2D eigenvalue weighted by atomic mass is 10.0. The number of hydrogen-bond donors (Lipinski definition) is 2. The van der Waals surface area contributed by atoms with Crippen LogP contribution in [0.15, 0.2) is 29.3 Å². The summed E-state index contributed by atoms with van der Waals surface area (Å²) in [6, 6.07) is 8.91. The number of nitrogens with one attached hydrogen (secondary N) is 2. The van der Waals surface area contributed by atoms with Crippen molar-refractivity contribution in [2.45, 2.75) is 39.7 Å². The molecule has 1 aromatic carbocycles. The molecule has 0 fully saturated rings. The summed E-state index contributed by atoms with van der Waals surface area (Å²) in [4.78, 5) is 4.67. The highest BCUT2D eigenvalue weighted by Crippen LogP contribution is 2.15. The third-order valence-corrected chi connectivity index (χ3v) is 3.31. The maximum absolute atomic E-state index is 5.14. The standard InChI is InChI=1S/C17H29N3O.HI/c1-6-18-17(20-15(4)12-21-5)19-11-14(3)16-9-7-13(2)8-10-16;/h7-10,14-15H,6,11-12H2,1-5H3,(H2,18,19,20);1H. The molecule has 22 heavy (non-hydrogen) atoms. The Morgan fingerprint density at radius 3 is 2.41 bits per heavy atom. The fourth-order valence-corrected chi connectivity index (χ4v) is 2.07. The Morgan fingerprint density at radius 2 is 1.86 bits per heavy atom. The van der Waals surface area contributed by atoms with Gasteiger partial charge in [-0.3, -0.25) is 4.99 Å². The molecule has 0 aromatic heterocycles. The molecule has 0 radical (unpaired) electrons. The molecule has 0 saturated heterocycles. The summed E-state index contributed by atoms with van der Waals surface area (Å²) in [5.74, 6) is 1.25. The first-order valence-electron chi connectivity index (χ1n) is 7.67. The monoisotopic (exact) mass is 419 g/mol. The summed E-state index contributed by atoms with van der Waals surface area (Å²) in [6.45, 7) is 10.7. The summed E-state index contributed by atoms with van der Waals surface area (Å²) in [7, 11) is 1.71. The summed E-state index contributed by atoms with van der Waals surface area (Å²) >= 11 is 0. The minimum atomic E-state index is 0. The second-order valence-corrected chi connectivity index (χ2v) is 5.53. The topological polar surface area (TPSA) is 45.7 Å². The van der Waals surface area contributed by atoms with E-state index in [0.717, 1.165) is 19.0 Å². The van der Waals surface area contributed by atoms with Crippen LogP contribution in [0.2, 0.25) is 0 Å². The zero-order chi connectivity index (χ0) is 15.7. The number of halogens is 1. The van der Waals surface area contributed by atoms with E-state index in [9.17, 15) is 0 Å². The number of ether oxygens (including phenoxy) is 1. The second kappa shape index (κ2) is 11.7. The molecule has 4 nitrogen and oxygen atoms in total. The van der Waals surface area contributed by atoms with Gasteiger partial charge in [0.1, 0.15) is 0 Å². The van der Waals surface area contributed by atoms with Gasteiger partial charge < -0.3 is 15.4 Å². The highest BCUT2D eigenvalue weighted by atomic mass is 127. The van der Waals surface area contributed by atoms with Crippen LogP contribution >= 0.6 is 24.0 Å². The molecule has 5 heteroatoms. The third kappa shape index (κ3) is 7.98. The molecule has 0 bridgehead atoms. The Balaban J connectivity index is 0.00000441. The maximum Gasteiger partial charge on any atom is 0.191 e. The molecule has 0 saturated carbocycles. The van der Waals surface area contributed by atoms with Crippen molar-refractivity contribution in [1.29, 1.82) is 0 Å². The van der Waals surface area contributed by atoms with Crippen LogP contribution in [0.1, 0.15) is 37.8 Å². The van der Waals surface area contributed by atoms with E-state index < -0.39 is 0 Å². The number of aliphatic imine (C=N–C) groups is 1. The minimum absolute atomic E-state index is 0. The maximum atomic E-state index is 5.14. The molecule has 1 aromatic rings. The van der Waals surface area contributed by atoms with E-state index in [2.05, 4.69) is 67.6 Å². The van der Waals surface area contributed by atoms with E-state index >= 15 is 0 Å². The van der Waals surface area contributed by atoms with Crippen molar-refractivity contribution >= 4 is 29.9 Å². The van der Waals surface area contributed by atoms with Crippen LogP contribution in [-0.4, -0.2) is 38.8 Å². The first-order chi connectivity index (χ1) is 10.1. The van der Waals surface area contributed by atoms with E-state index in [-0.39, 0.29) is 30.0 Å². The molecule has 0 aliphatic rings. The van der Waals surface area contributed by atoms with Gasteiger partial charge >= 0.3 is 0 Å². The molecular weight excluding hydrogens is 389 g/mol. The van der Waals surface area contributed by atoms with Crippen LogP contribution in [0.5, 0.6) is 0 Å². The predicted molar refractivity (Wildman–Crippen MR) is 105 cm³/mol. The quantitative estimate of drug-likeness (QED) is 0.405. The Bertz CT molecular complexity index is 434. The van der Waals surface area contributed by atoms with Crippen molar-refractivity contribution in [3.63, 3.8) is 0 Å². The van der Waals surface area contributed by atoms with E-state index in [1.165, 1.54) is 11.1 Å². The summed E-state index contributed by atoms with van der Waals surface area (Å²) in [5, 5.41) is 6.62. The normalized spacial score (nSPS) is 14.0. The fraction of sp³-hybridized carbons (Fsp3) is 0.588. The van der Waals surface area contributed by atoms with Crippen LogP contribution in [0, 0.1) is 6.92 Å². The molecule has 0 aliphatic carbocycles. The zero-order valence-corrected chi connectivity index (χ0v) is 16.7. The third-order valence-electron chi connectivity index (χ3n) is 3.31. The number of methoxy groups -OCH3 is 1. The Kier molecular flexibility index (Phi) is 11.3. The van der Waals surface area contributed by atoms with Gasteiger partial charge in [-0.05, 0) is 26.3 Å². The lowest BCUT2D eigenvalue weighted by Gasteiger charge is -2.18. The summed E-state index contributed by atoms with van der Waals surface area (Å²) in [5.41, 5.74) is 2.61. The number of hydrogen-bond acceptors (Lipinski definition) is 2. The lowest BCUT2D eigenvalue weighted by Crippen LogP contribution is -2.44. The fourth-order valence-electron chi connectivity index (χ4n) is 2.07. The molecule has 0 spiro atoms. The van der Waals surface area contributed by atoms with Crippen LogP contribution < -0.4 is 10.6 Å². The molecule has 0 amide bonds. The van der Waals surface area contributed by atoms with Gasteiger partial charge in [0.25, 0.3) is 0 Å². The molecule has 126 valence electrons. The Labute approximate surface area is 152 Å². The first kappa shape index (κ1) is 21.2. The van der Waals surface area contributed by atoms with Crippen molar-refractivity contribution in [2.75, 3.05) is 26.8 Å². The van der Waals surface area contributed by atoms with Crippen molar-refractivity contribution < 1.29 is 4.74 Å². The number of guanidine groups is 1. The molecule has 2 N–H and O–H groups in total. The molecule has 2 atom stereocenters. The summed E-state index contributed by atoms with van der Waals surface area (Å²) in [6.07, 6.45) is 0. The first-order valence-corrected chi connectivity index (χ1v) is 7.67. The van der Waals surface area contributed by atoms with Gasteiger partial charge in [0.05, 0.1) is 6.61 Å². The molecule has 0 heterocycles. The predicted octanol–water partition coefficient (Wildman–Crippen LogP) is 3.31. The highest BCUT2D eigenvalue weighted by molar-refractivity contribution is 14.0. The highest BCUT2D eigenvalue weighted by Gasteiger charge is 2.07. The lowest BCUT2D eigenvalue weighted by molar-refractivity contribution is 0.179. The van der Waals surface area contributed by atoms with Crippen LogP contribution in [0.4, 0.5) is 0 Å². The van der Waals surface area contributed by atoms with E-state index in [1.807, 2.05) is 0 Å². The number of rotatable bonds is 7. The second-order valence-electron chi connectivity index (χ2n) is 5.53. The van der Waals surface area contributed by atoms with Gasteiger partial charge in [-0.15, -0.1) is 24.0 Å². The largest absolute Gasteiger partial charge is 0.383 e. The summed E-state index contributed by atoms with van der Waals surface area (Å²) < 4.78 is 5.14. The molecule has 1 rings (SSSR count).